The summed E-state index contributed by atoms with van der Waals surface area (Å²) in [6.07, 6.45) is 3.65. The number of aliphatic hydroxyl groups excluding tert-OH is 1. The minimum atomic E-state index is -0.319. The standard InChI is InChI=1S/C14H21NO3/c1-9(11-8-10(16)6-7-13(11)17)15-12-4-2-3-5-14(12)18/h6-9,12,14-18H,2-5H2,1H3. The van der Waals surface area contributed by atoms with E-state index in [9.17, 15) is 15.3 Å². The monoisotopic (exact) mass is 251 g/mol. The number of nitrogens with one attached hydrogen (secondary N) is 1. The first-order valence-corrected chi connectivity index (χ1v) is 6.54. The van der Waals surface area contributed by atoms with Crippen molar-refractivity contribution in [3.05, 3.63) is 23.8 Å². The molecule has 3 unspecified atom stereocenters. The van der Waals surface area contributed by atoms with Crippen LogP contribution in [0.2, 0.25) is 0 Å². The second-order valence-electron chi connectivity index (χ2n) is 5.09. The summed E-state index contributed by atoms with van der Waals surface area (Å²) >= 11 is 0. The fraction of sp³-hybridized carbons (Fsp3) is 0.571. The largest absolute Gasteiger partial charge is 0.508 e. The van der Waals surface area contributed by atoms with Crippen LogP contribution in [0.4, 0.5) is 0 Å². The molecule has 4 heteroatoms. The Bertz CT molecular complexity index is 408. The van der Waals surface area contributed by atoms with Crippen LogP contribution in [0.25, 0.3) is 0 Å². The lowest BCUT2D eigenvalue weighted by molar-refractivity contribution is 0.0858. The number of aromatic hydroxyl groups is 2. The Hall–Kier alpha value is -1.26. The van der Waals surface area contributed by atoms with Crippen molar-refractivity contribution < 1.29 is 15.3 Å². The Balaban J connectivity index is 2.06. The van der Waals surface area contributed by atoms with Crippen LogP contribution in [-0.4, -0.2) is 27.5 Å². The van der Waals surface area contributed by atoms with Gasteiger partial charge in [-0.15, -0.1) is 0 Å². The summed E-state index contributed by atoms with van der Waals surface area (Å²) in [5, 5.41) is 32.5. The van der Waals surface area contributed by atoms with Gasteiger partial charge in [0.25, 0.3) is 0 Å². The Morgan fingerprint density at radius 3 is 2.67 bits per heavy atom. The third-order valence-electron chi connectivity index (χ3n) is 3.67. The molecule has 0 spiro atoms. The van der Waals surface area contributed by atoms with E-state index in [1.54, 1.807) is 6.07 Å². The molecular formula is C14H21NO3. The van der Waals surface area contributed by atoms with Crippen LogP contribution in [0, 0.1) is 0 Å². The highest BCUT2D eigenvalue weighted by atomic mass is 16.3. The summed E-state index contributed by atoms with van der Waals surface area (Å²) in [6, 6.07) is 4.47. The van der Waals surface area contributed by atoms with Gasteiger partial charge in [-0.25, -0.2) is 0 Å². The maximum Gasteiger partial charge on any atom is 0.120 e. The van der Waals surface area contributed by atoms with E-state index in [0.29, 0.717) is 5.56 Å². The van der Waals surface area contributed by atoms with Gasteiger partial charge in [0.15, 0.2) is 0 Å². The molecule has 1 aliphatic carbocycles. The van der Waals surface area contributed by atoms with Crippen molar-refractivity contribution in [1.29, 1.82) is 0 Å². The highest BCUT2D eigenvalue weighted by Crippen LogP contribution is 2.29. The average molecular weight is 251 g/mol. The zero-order valence-electron chi connectivity index (χ0n) is 10.6. The van der Waals surface area contributed by atoms with Crippen molar-refractivity contribution in [1.82, 2.24) is 5.32 Å². The summed E-state index contributed by atoms with van der Waals surface area (Å²) in [5.74, 6) is 0.304. The Morgan fingerprint density at radius 2 is 1.94 bits per heavy atom. The molecule has 0 heterocycles. The third-order valence-corrected chi connectivity index (χ3v) is 3.67. The summed E-state index contributed by atoms with van der Waals surface area (Å²) in [5.41, 5.74) is 0.660. The quantitative estimate of drug-likeness (QED) is 0.620. The molecule has 100 valence electrons. The van der Waals surface area contributed by atoms with E-state index < -0.39 is 0 Å². The molecular weight excluding hydrogens is 230 g/mol. The van der Waals surface area contributed by atoms with Crippen LogP contribution in [0.5, 0.6) is 11.5 Å². The molecule has 0 radical (unpaired) electrons. The molecule has 0 aliphatic heterocycles. The van der Waals surface area contributed by atoms with Gasteiger partial charge in [-0.3, -0.25) is 0 Å². The van der Waals surface area contributed by atoms with Crippen molar-refractivity contribution in [2.45, 2.75) is 50.8 Å². The summed E-state index contributed by atoms with van der Waals surface area (Å²) < 4.78 is 0. The molecule has 1 fully saturated rings. The first-order chi connectivity index (χ1) is 8.58. The molecule has 0 amide bonds. The molecule has 1 aromatic rings. The smallest absolute Gasteiger partial charge is 0.120 e. The summed E-state index contributed by atoms with van der Waals surface area (Å²) in [6.45, 7) is 1.93. The summed E-state index contributed by atoms with van der Waals surface area (Å²) in [4.78, 5) is 0. The molecule has 1 aromatic carbocycles. The Labute approximate surface area is 107 Å². The van der Waals surface area contributed by atoms with Crippen molar-refractivity contribution >= 4 is 0 Å². The molecule has 3 atom stereocenters. The van der Waals surface area contributed by atoms with Crippen LogP contribution in [-0.2, 0) is 0 Å². The van der Waals surface area contributed by atoms with Gasteiger partial charge in [-0.2, -0.15) is 0 Å². The predicted octanol–water partition coefficient (Wildman–Crippen LogP) is 2.05. The van der Waals surface area contributed by atoms with Crippen molar-refractivity contribution in [2.75, 3.05) is 0 Å². The minimum Gasteiger partial charge on any atom is -0.508 e. The van der Waals surface area contributed by atoms with Gasteiger partial charge in [0.05, 0.1) is 6.10 Å². The molecule has 18 heavy (non-hydrogen) atoms. The van der Waals surface area contributed by atoms with Gasteiger partial charge in [0.2, 0.25) is 0 Å². The number of aliphatic hydroxyl groups is 1. The number of phenolic OH excluding ortho intramolecular Hbond substituents is 2. The van der Waals surface area contributed by atoms with Gasteiger partial charge in [-0.1, -0.05) is 12.8 Å². The number of phenols is 2. The minimum absolute atomic E-state index is 0.0653. The van der Waals surface area contributed by atoms with E-state index >= 15 is 0 Å². The molecule has 2 rings (SSSR count). The van der Waals surface area contributed by atoms with E-state index in [2.05, 4.69) is 5.32 Å². The predicted molar refractivity (Wildman–Crippen MR) is 69.6 cm³/mol. The first kappa shape index (κ1) is 13.2. The van der Waals surface area contributed by atoms with Crippen LogP contribution in [0.15, 0.2) is 18.2 Å². The summed E-state index contributed by atoms with van der Waals surface area (Å²) in [7, 11) is 0. The normalized spacial score (nSPS) is 25.9. The zero-order chi connectivity index (χ0) is 13.1. The van der Waals surface area contributed by atoms with Gasteiger partial charge in [0.1, 0.15) is 11.5 Å². The van der Waals surface area contributed by atoms with E-state index in [4.69, 9.17) is 0 Å². The van der Waals surface area contributed by atoms with Crippen molar-refractivity contribution in [2.24, 2.45) is 0 Å². The first-order valence-electron chi connectivity index (χ1n) is 6.54. The van der Waals surface area contributed by atoms with Crippen LogP contribution in [0.3, 0.4) is 0 Å². The molecule has 1 saturated carbocycles. The van der Waals surface area contributed by atoms with Crippen LogP contribution >= 0.6 is 0 Å². The molecule has 0 aromatic heterocycles. The number of rotatable bonds is 3. The highest BCUT2D eigenvalue weighted by Gasteiger charge is 2.25. The zero-order valence-corrected chi connectivity index (χ0v) is 10.6. The second kappa shape index (κ2) is 5.59. The lowest BCUT2D eigenvalue weighted by atomic mass is 9.91. The fourth-order valence-electron chi connectivity index (χ4n) is 2.61. The fourth-order valence-corrected chi connectivity index (χ4v) is 2.61. The van der Waals surface area contributed by atoms with Gasteiger partial charge in [-0.05, 0) is 38.0 Å². The highest BCUT2D eigenvalue weighted by molar-refractivity contribution is 5.40. The van der Waals surface area contributed by atoms with Crippen LogP contribution in [0.1, 0.15) is 44.2 Å². The maximum atomic E-state index is 9.91. The SMILES string of the molecule is CC(NC1CCCCC1O)c1cc(O)ccc1O. The Morgan fingerprint density at radius 1 is 1.22 bits per heavy atom. The molecule has 0 bridgehead atoms. The topological polar surface area (TPSA) is 72.7 Å². The lowest BCUT2D eigenvalue weighted by Crippen LogP contribution is -2.43. The Kier molecular flexibility index (Phi) is 4.09. The van der Waals surface area contributed by atoms with Gasteiger partial charge < -0.3 is 20.6 Å². The van der Waals surface area contributed by atoms with Crippen molar-refractivity contribution in [3.8, 4) is 11.5 Å². The average Bonchev–Trinajstić information content (AvgIpc) is 2.35. The van der Waals surface area contributed by atoms with Gasteiger partial charge >= 0.3 is 0 Å². The van der Waals surface area contributed by atoms with Crippen LogP contribution < -0.4 is 5.32 Å². The van der Waals surface area contributed by atoms with Crippen molar-refractivity contribution in [3.63, 3.8) is 0 Å². The molecule has 4 N–H and O–H groups in total. The van der Waals surface area contributed by atoms with E-state index in [-0.39, 0.29) is 29.7 Å². The number of hydrogen-bond donors (Lipinski definition) is 4. The molecule has 4 nitrogen and oxygen atoms in total. The number of benzene rings is 1. The third kappa shape index (κ3) is 2.94. The maximum absolute atomic E-state index is 9.91. The molecule has 1 aliphatic rings. The number of hydrogen-bond acceptors (Lipinski definition) is 4. The van der Waals surface area contributed by atoms with Gasteiger partial charge in [0, 0.05) is 17.6 Å². The lowest BCUT2D eigenvalue weighted by Gasteiger charge is -2.31. The van der Waals surface area contributed by atoms with E-state index in [0.717, 1.165) is 25.7 Å². The molecule has 0 saturated heterocycles. The second-order valence-corrected chi connectivity index (χ2v) is 5.09. The van der Waals surface area contributed by atoms with E-state index in [1.807, 2.05) is 6.92 Å². The van der Waals surface area contributed by atoms with E-state index in [1.165, 1.54) is 12.1 Å².